The number of halogens is 1. The van der Waals surface area contributed by atoms with E-state index < -0.39 is 0 Å². The summed E-state index contributed by atoms with van der Waals surface area (Å²) in [4.78, 5) is 12.0. The van der Waals surface area contributed by atoms with E-state index >= 15 is 0 Å². The summed E-state index contributed by atoms with van der Waals surface area (Å²) in [7, 11) is 0. The fourth-order valence-corrected chi connectivity index (χ4v) is 3.13. The summed E-state index contributed by atoms with van der Waals surface area (Å²) in [6.45, 7) is 7.54. The quantitative estimate of drug-likeness (QED) is 0.838. The van der Waals surface area contributed by atoms with Gasteiger partial charge in [-0.05, 0) is 56.4 Å². The van der Waals surface area contributed by atoms with Gasteiger partial charge in [0.2, 0.25) is 5.91 Å². The second-order valence-electron chi connectivity index (χ2n) is 6.90. The van der Waals surface area contributed by atoms with Crippen molar-refractivity contribution in [3.05, 3.63) is 0 Å². The van der Waals surface area contributed by atoms with Crippen LogP contribution in [0.1, 0.15) is 52.4 Å². The Bertz CT molecular complexity index is 278. The summed E-state index contributed by atoms with van der Waals surface area (Å²) < 4.78 is 0. The van der Waals surface area contributed by atoms with Gasteiger partial charge >= 0.3 is 0 Å². The molecule has 2 rings (SSSR count). The van der Waals surface area contributed by atoms with Crippen molar-refractivity contribution in [2.45, 2.75) is 52.4 Å². The zero-order valence-corrected chi connectivity index (χ0v) is 13.2. The summed E-state index contributed by atoms with van der Waals surface area (Å²) in [5.41, 5.74) is 0.522. The molecule has 1 aliphatic heterocycles. The number of piperidine rings is 1. The fourth-order valence-electron chi connectivity index (χ4n) is 3.13. The average molecular weight is 289 g/mol. The summed E-state index contributed by atoms with van der Waals surface area (Å²) in [5.74, 6) is 1.18. The van der Waals surface area contributed by atoms with Crippen LogP contribution < -0.4 is 10.6 Å². The standard InChI is InChI=1S/C15H28N2O.ClH/c1-15(2)7-5-12(6-8-15)10-17-14(18)13-4-3-9-16-11-13;/h12-13,16H,3-11H2,1-2H3,(H,17,18);1H/t13-;/m1./s1. The largest absolute Gasteiger partial charge is 0.356 e. The van der Waals surface area contributed by atoms with Crippen molar-refractivity contribution in [3.8, 4) is 0 Å². The third-order valence-electron chi connectivity index (χ3n) is 4.69. The molecule has 0 unspecified atom stereocenters. The predicted molar refractivity (Wildman–Crippen MR) is 81.6 cm³/mol. The Morgan fingerprint density at radius 2 is 1.95 bits per heavy atom. The molecule has 2 N–H and O–H groups in total. The van der Waals surface area contributed by atoms with Gasteiger partial charge < -0.3 is 10.6 Å². The molecule has 0 aromatic heterocycles. The summed E-state index contributed by atoms with van der Waals surface area (Å²) in [6.07, 6.45) is 7.34. The van der Waals surface area contributed by atoms with Crippen LogP contribution in [-0.2, 0) is 4.79 Å². The van der Waals surface area contributed by atoms with Crippen molar-refractivity contribution in [1.29, 1.82) is 0 Å². The van der Waals surface area contributed by atoms with E-state index in [1.54, 1.807) is 0 Å². The first-order valence-corrected chi connectivity index (χ1v) is 7.55. The molecule has 1 saturated heterocycles. The van der Waals surface area contributed by atoms with Gasteiger partial charge in [-0.25, -0.2) is 0 Å². The van der Waals surface area contributed by atoms with E-state index in [-0.39, 0.29) is 24.2 Å². The van der Waals surface area contributed by atoms with Gasteiger partial charge in [0.05, 0.1) is 5.92 Å². The second kappa shape index (κ2) is 7.49. The van der Waals surface area contributed by atoms with Crippen molar-refractivity contribution < 1.29 is 4.79 Å². The smallest absolute Gasteiger partial charge is 0.224 e. The minimum Gasteiger partial charge on any atom is -0.356 e. The van der Waals surface area contributed by atoms with Crippen molar-refractivity contribution in [2.24, 2.45) is 17.3 Å². The van der Waals surface area contributed by atoms with Crippen LogP contribution >= 0.6 is 12.4 Å². The highest BCUT2D eigenvalue weighted by Gasteiger charge is 2.27. The normalized spacial score (nSPS) is 27.4. The summed E-state index contributed by atoms with van der Waals surface area (Å²) in [6, 6.07) is 0. The van der Waals surface area contributed by atoms with Crippen LogP contribution in [0.15, 0.2) is 0 Å². The van der Waals surface area contributed by atoms with Crippen molar-refractivity contribution >= 4 is 18.3 Å². The van der Waals surface area contributed by atoms with Crippen molar-refractivity contribution in [1.82, 2.24) is 10.6 Å². The van der Waals surface area contributed by atoms with Crippen molar-refractivity contribution in [3.63, 3.8) is 0 Å². The van der Waals surface area contributed by atoms with Gasteiger partial charge in [-0.1, -0.05) is 13.8 Å². The van der Waals surface area contributed by atoms with Crippen LogP contribution in [0, 0.1) is 17.3 Å². The van der Waals surface area contributed by atoms with E-state index in [1.807, 2.05) is 0 Å². The van der Waals surface area contributed by atoms with E-state index in [4.69, 9.17) is 0 Å². The highest BCUT2D eigenvalue weighted by atomic mass is 35.5. The fraction of sp³-hybridized carbons (Fsp3) is 0.933. The molecule has 2 fully saturated rings. The molecule has 0 aromatic rings. The lowest BCUT2D eigenvalue weighted by Crippen LogP contribution is -2.42. The van der Waals surface area contributed by atoms with Gasteiger partial charge in [0.15, 0.2) is 0 Å². The number of carbonyl (C=O) groups excluding carboxylic acids is 1. The van der Waals surface area contributed by atoms with Gasteiger partial charge in [0.25, 0.3) is 0 Å². The maximum absolute atomic E-state index is 12.0. The first-order valence-electron chi connectivity index (χ1n) is 7.55. The molecule has 3 nitrogen and oxygen atoms in total. The summed E-state index contributed by atoms with van der Waals surface area (Å²) in [5, 5.41) is 6.47. The molecule has 19 heavy (non-hydrogen) atoms. The van der Waals surface area contributed by atoms with Crippen LogP contribution in [0.4, 0.5) is 0 Å². The molecule has 112 valence electrons. The number of nitrogens with one attached hydrogen (secondary N) is 2. The Hall–Kier alpha value is -0.280. The highest BCUT2D eigenvalue weighted by molar-refractivity contribution is 5.85. The number of rotatable bonds is 3. The Morgan fingerprint density at radius 3 is 2.53 bits per heavy atom. The van der Waals surface area contributed by atoms with Crippen LogP contribution in [-0.4, -0.2) is 25.5 Å². The summed E-state index contributed by atoms with van der Waals surface area (Å²) >= 11 is 0. The molecule has 0 spiro atoms. The lowest BCUT2D eigenvalue weighted by Gasteiger charge is -2.34. The first kappa shape index (κ1) is 16.8. The minimum absolute atomic E-state index is 0. The van der Waals surface area contributed by atoms with Crippen LogP contribution in [0.3, 0.4) is 0 Å². The molecule has 0 bridgehead atoms. The molecule has 1 heterocycles. The van der Waals surface area contributed by atoms with Gasteiger partial charge in [-0.3, -0.25) is 4.79 Å². The number of hydrogen-bond donors (Lipinski definition) is 2. The Kier molecular flexibility index (Phi) is 6.61. The van der Waals surface area contributed by atoms with Gasteiger partial charge in [-0.2, -0.15) is 0 Å². The molecule has 1 aliphatic carbocycles. The first-order chi connectivity index (χ1) is 8.57. The zero-order chi connectivity index (χ0) is 13.0. The molecular formula is C15H29ClN2O. The molecule has 0 aromatic carbocycles. The molecule has 4 heteroatoms. The highest BCUT2D eigenvalue weighted by Crippen LogP contribution is 2.37. The second-order valence-corrected chi connectivity index (χ2v) is 6.90. The van der Waals surface area contributed by atoms with E-state index in [2.05, 4.69) is 24.5 Å². The van der Waals surface area contributed by atoms with E-state index in [1.165, 1.54) is 25.7 Å². The molecule has 1 amide bonds. The molecule has 2 aliphatic rings. The maximum atomic E-state index is 12.0. The molecule has 0 radical (unpaired) electrons. The van der Waals surface area contributed by atoms with Crippen LogP contribution in [0.25, 0.3) is 0 Å². The molecular weight excluding hydrogens is 260 g/mol. The lowest BCUT2D eigenvalue weighted by atomic mass is 9.73. The van der Waals surface area contributed by atoms with E-state index in [9.17, 15) is 4.79 Å². The molecule has 1 atom stereocenters. The third-order valence-corrected chi connectivity index (χ3v) is 4.69. The predicted octanol–water partition coefficient (Wildman–Crippen LogP) is 2.74. The topological polar surface area (TPSA) is 41.1 Å². The van der Waals surface area contributed by atoms with Gasteiger partial charge in [0.1, 0.15) is 0 Å². The number of amides is 1. The lowest BCUT2D eigenvalue weighted by molar-refractivity contribution is -0.125. The van der Waals surface area contributed by atoms with E-state index in [0.717, 1.165) is 32.5 Å². The third kappa shape index (κ3) is 5.31. The van der Waals surface area contributed by atoms with E-state index in [0.29, 0.717) is 11.3 Å². The Morgan fingerprint density at radius 1 is 1.26 bits per heavy atom. The number of hydrogen-bond acceptors (Lipinski definition) is 2. The van der Waals surface area contributed by atoms with Crippen LogP contribution in [0.2, 0.25) is 0 Å². The molecule has 1 saturated carbocycles. The van der Waals surface area contributed by atoms with Crippen LogP contribution in [0.5, 0.6) is 0 Å². The van der Waals surface area contributed by atoms with Gasteiger partial charge in [0, 0.05) is 13.1 Å². The minimum atomic E-state index is 0. The maximum Gasteiger partial charge on any atom is 0.224 e. The van der Waals surface area contributed by atoms with Gasteiger partial charge in [-0.15, -0.1) is 12.4 Å². The Balaban J connectivity index is 0.00000180. The average Bonchev–Trinajstić information content (AvgIpc) is 2.38. The SMILES string of the molecule is CC1(C)CCC(CNC(=O)[C@@H]2CCCNC2)CC1.Cl. The number of carbonyl (C=O) groups is 1. The zero-order valence-electron chi connectivity index (χ0n) is 12.3. The van der Waals surface area contributed by atoms with Crippen molar-refractivity contribution in [2.75, 3.05) is 19.6 Å². The Labute approximate surface area is 123 Å². The monoisotopic (exact) mass is 288 g/mol.